The molecule has 0 aliphatic rings. The number of ether oxygens (including phenoxy) is 3. The predicted octanol–water partition coefficient (Wildman–Crippen LogP) is 4.78. The molecule has 0 saturated heterocycles. The third-order valence-electron chi connectivity index (χ3n) is 3.94. The van der Waals surface area contributed by atoms with Gasteiger partial charge in [-0.3, -0.25) is 0 Å². The summed E-state index contributed by atoms with van der Waals surface area (Å²) in [7, 11) is 0. The fourth-order valence-corrected chi connectivity index (χ4v) is 2.45. The first kappa shape index (κ1) is 18.5. The van der Waals surface area contributed by atoms with E-state index in [0.29, 0.717) is 12.4 Å². The minimum Gasteiger partial charge on any atom is -0.489 e. The van der Waals surface area contributed by atoms with Crippen molar-refractivity contribution in [3.05, 3.63) is 96.1 Å². The number of carbonyl (C=O) groups excluding carboxylic acids is 1. The fourth-order valence-electron chi connectivity index (χ4n) is 2.45. The number of benzene rings is 3. The van der Waals surface area contributed by atoms with Crippen LogP contribution in [0, 0.1) is 0 Å². The minimum atomic E-state index is -0.690. The summed E-state index contributed by atoms with van der Waals surface area (Å²) in [6.45, 7) is 2.41. The summed E-state index contributed by atoms with van der Waals surface area (Å²) in [5.74, 6) is 0.931. The minimum absolute atomic E-state index is 0.236. The predicted molar refractivity (Wildman–Crippen MR) is 104 cm³/mol. The number of hydrogen-bond acceptors (Lipinski definition) is 4. The van der Waals surface area contributed by atoms with E-state index in [0.717, 1.165) is 16.9 Å². The Morgan fingerprint density at radius 3 is 1.85 bits per heavy atom. The van der Waals surface area contributed by atoms with Crippen molar-refractivity contribution in [2.75, 3.05) is 0 Å². The van der Waals surface area contributed by atoms with Gasteiger partial charge in [-0.15, -0.1) is 0 Å². The van der Waals surface area contributed by atoms with Crippen molar-refractivity contribution in [3.63, 3.8) is 0 Å². The van der Waals surface area contributed by atoms with Crippen LogP contribution in [-0.2, 0) is 22.7 Å². The monoisotopic (exact) mass is 362 g/mol. The number of carbonyl (C=O) groups is 1. The molecule has 0 spiro atoms. The molecule has 4 nitrogen and oxygen atoms in total. The number of esters is 1. The van der Waals surface area contributed by atoms with E-state index < -0.39 is 12.1 Å². The van der Waals surface area contributed by atoms with Gasteiger partial charge in [0, 0.05) is 0 Å². The Balaban J connectivity index is 1.46. The summed E-state index contributed by atoms with van der Waals surface area (Å²) in [5.41, 5.74) is 2.05. The Labute approximate surface area is 159 Å². The summed E-state index contributed by atoms with van der Waals surface area (Å²) in [5, 5.41) is 0. The molecule has 0 fully saturated rings. The van der Waals surface area contributed by atoms with Crippen molar-refractivity contribution >= 4 is 5.97 Å². The maximum atomic E-state index is 12.1. The highest BCUT2D eigenvalue weighted by Gasteiger charge is 2.16. The van der Waals surface area contributed by atoms with E-state index >= 15 is 0 Å². The third kappa shape index (κ3) is 5.89. The van der Waals surface area contributed by atoms with Crippen LogP contribution in [-0.4, -0.2) is 12.1 Å². The largest absolute Gasteiger partial charge is 0.489 e. The van der Waals surface area contributed by atoms with Gasteiger partial charge in [-0.25, -0.2) is 4.79 Å². The van der Waals surface area contributed by atoms with Gasteiger partial charge >= 0.3 is 5.97 Å². The van der Waals surface area contributed by atoms with Gasteiger partial charge in [-0.1, -0.05) is 60.7 Å². The third-order valence-corrected chi connectivity index (χ3v) is 3.94. The van der Waals surface area contributed by atoms with Crippen LogP contribution in [0.5, 0.6) is 11.5 Å². The van der Waals surface area contributed by atoms with Gasteiger partial charge in [0.25, 0.3) is 0 Å². The first-order valence-electron chi connectivity index (χ1n) is 8.85. The second-order valence-electron chi connectivity index (χ2n) is 6.10. The highest BCUT2D eigenvalue weighted by molar-refractivity contribution is 5.74. The molecule has 138 valence electrons. The molecule has 0 bridgehead atoms. The van der Waals surface area contributed by atoms with Crippen molar-refractivity contribution in [1.82, 2.24) is 0 Å². The van der Waals surface area contributed by atoms with E-state index in [2.05, 4.69) is 0 Å². The lowest BCUT2D eigenvalue weighted by Gasteiger charge is -2.14. The van der Waals surface area contributed by atoms with Gasteiger partial charge in [0.15, 0.2) is 6.10 Å². The van der Waals surface area contributed by atoms with Gasteiger partial charge < -0.3 is 14.2 Å². The fraction of sp³-hybridized carbons (Fsp3) is 0.174. The van der Waals surface area contributed by atoms with Crippen LogP contribution in [0.15, 0.2) is 84.9 Å². The zero-order valence-electron chi connectivity index (χ0n) is 15.2. The smallest absolute Gasteiger partial charge is 0.347 e. The molecule has 27 heavy (non-hydrogen) atoms. The van der Waals surface area contributed by atoms with Crippen LogP contribution in [0.1, 0.15) is 18.1 Å². The molecule has 0 aromatic heterocycles. The second kappa shape index (κ2) is 9.43. The maximum Gasteiger partial charge on any atom is 0.347 e. The summed E-state index contributed by atoms with van der Waals surface area (Å²) in [4.78, 5) is 12.1. The summed E-state index contributed by atoms with van der Waals surface area (Å²) in [6.07, 6.45) is -0.690. The first-order valence-corrected chi connectivity index (χ1v) is 8.85. The van der Waals surface area contributed by atoms with Gasteiger partial charge in [0.1, 0.15) is 24.7 Å². The summed E-state index contributed by atoms with van der Waals surface area (Å²) < 4.78 is 16.7. The van der Waals surface area contributed by atoms with Crippen LogP contribution in [0.4, 0.5) is 0 Å². The van der Waals surface area contributed by atoms with Gasteiger partial charge in [0.05, 0.1) is 0 Å². The van der Waals surface area contributed by atoms with Crippen molar-refractivity contribution in [3.8, 4) is 11.5 Å². The average molecular weight is 362 g/mol. The van der Waals surface area contributed by atoms with Crippen LogP contribution < -0.4 is 9.47 Å². The molecule has 4 heteroatoms. The molecule has 0 aliphatic carbocycles. The van der Waals surface area contributed by atoms with Crippen LogP contribution >= 0.6 is 0 Å². The lowest BCUT2D eigenvalue weighted by molar-refractivity contribution is -0.152. The molecule has 3 aromatic carbocycles. The normalized spacial score (nSPS) is 11.4. The van der Waals surface area contributed by atoms with Gasteiger partial charge in [-0.2, -0.15) is 0 Å². The van der Waals surface area contributed by atoms with Gasteiger partial charge in [0.2, 0.25) is 0 Å². The topological polar surface area (TPSA) is 44.8 Å². The van der Waals surface area contributed by atoms with E-state index in [-0.39, 0.29) is 6.61 Å². The van der Waals surface area contributed by atoms with E-state index in [1.165, 1.54) is 0 Å². The molecule has 0 heterocycles. The van der Waals surface area contributed by atoms with Gasteiger partial charge in [-0.05, 0) is 42.3 Å². The molecular weight excluding hydrogens is 340 g/mol. The zero-order chi connectivity index (χ0) is 18.9. The van der Waals surface area contributed by atoms with Crippen LogP contribution in [0.3, 0.4) is 0 Å². The van der Waals surface area contributed by atoms with E-state index in [1.54, 1.807) is 19.1 Å². The van der Waals surface area contributed by atoms with E-state index in [1.807, 2.05) is 72.8 Å². The SMILES string of the molecule is C[C@@H](Oc1ccc(OCc2ccccc2)cc1)C(=O)OCc1ccccc1. The molecule has 3 aromatic rings. The number of hydrogen-bond donors (Lipinski definition) is 0. The Morgan fingerprint density at radius 1 is 0.741 bits per heavy atom. The molecule has 3 rings (SSSR count). The zero-order valence-corrected chi connectivity index (χ0v) is 15.2. The molecule has 1 atom stereocenters. The Hall–Kier alpha value is -3.27. The van der Waals surface area contributed by atoms with Crippen molar-refractivity contribution in [2.45, 2.75) is 26.2 Å². The molecule has 0 amide bonds. The summed E-state index contributed by atoms with van der Waals surface area (Å²) >= 11 is 0. The molecule has 0 N–H and O–H groups in total. The van der Waals surface area contributed by atoms with Crippen molar-refractivity contribution in [2.24, 2.45) is 0 Å². The molecule has 0 unspecified atom stereocenters. The average Bonchev–Trinajstić information content (AvgIpc) is 2.73. The highest BCUT2D eigenvalue weighted by Crippen LogP contribution is 2.20. The molecular formula is C23H22O4. The lowest BCUT2D eigenvalue weighted by atomic mass is 10.2. The summed E-state index contributed by atoms with van der Waals surface area (Å²) in [6, 6.07) is 26.7. The number of rotatable bonds is 8. The van der Waals surface area contributed by atoms with E-state index in [4.69, 9.17) is 14.2 Å². The standard InChI is InChI=1S/C23H22O4/c1-18(23(24)26-17-20-10-6-3-7-11-20)27-22-14-12-21(13-15-22)25-16-19-8-4-2-5-9-19/h2-15,18H,16-17H2,1H3/t18-/m1/s1. The van der Waals surface area contributed by atoms with Crippen molar-refractivity contribution in [1.29, 1.82) is 0 Å². The molecule has 0 aliphatic heterocycles. The maximum absolute atomic E-state index is 12.1. The first-order chi connectivity index (χ1) is 13.2. The van der Waals surface area contributed by atoms with Crippen molar-refractivity contribution < 1.29 is 19.0 Å². The van der Waals surface area contributed by atoms with E-state index in [9.17, 15) is 4.79 Å². The second-order valence-corrected chi connectivity index (χ2v) is 6.10. The Bertz CT molecular complexity index is 829. The molecule has 0 radical (unpaired) electrons. The quantitative estimate of drug-likeness (QED) is 0.541. The molecule has 0 saturated carbocycles. The Morgan fingerprint density at radius 2 is 1.26 bits per heavy atom. The highest BCUT2D eigenvalue weighted by atomic mass is 16.6. The van der Waals surface area contributed by atoms with Crippen LogP contribution in [0.25, 0.3) is 0 Å². The lowest BCUT2D eigenvalue weighted by Crippen LogP contribution is -2.26. The van der Waals surface area contributed by atoms with Crippen LogP contribution in [0.2, 0.25) is 0 Å². The Kier molecular flexibility index (Phi) is 6.47.